The molecular formula is C14H22N2O. The van der Waals surface area contributed by atoms with Crippen LogP contribution in [0.25, 0.3) is 0 Å². The second-order valence-corrected chi connectivity index (χ2v) is 4.75. The molecule has 0 amide bonds. The van der Waals surface area contributed by atoms with Crippen LogP contribution in [-0.2, 0) is 0 Å². The quantitative estimate of drug-likeness (QED) is 0.720. The molecule has 17 heavy (non-hydrogen) atoms. The minimum Gasteiger partial charge on any atom is -0.394 e. The Balaban J connectivity index is 1.83. The molecule has 1 saturated heterocycles. The molecule has 94 valence electrons. The molecule has 0 aromatic heterocycles. The van der Waals surface area contributed by atoms with Crippen molar-refractivity contribution in [1.29, 1.82) is 0 Å². The summed E-state index contributed by atoms with van der Waals surface area (Å²) in [6.07, 6.45) is 2.47. The maximum atomic E-state index is 9.43. The lowest BCUT2D eigenvalue weighted by molar-refractivity contribution is 0.232. The smallest absolute Gasteiger partial charge is 0.0626 e. The van der Waals surface area contributed by atoms with Crippen molar-refractivity contribution in [3.05, 3.63) is 35.9 Å². The van der Waals surface area contributed by atoms with Crippen molar-refractivity contribution in [3.8, 4) is 0 Å². The van der Waals surface area contributed by atoms with E-state index in [0.717, 1.165) is 25.6 Å². The summed E-state index contributed by atoms with van der Waals surface area (Å²) in [5, 5.41) is 16.3. The third-order valence-electron chi connectivity index (χ3n) is 3.50. The van der Waals surface area contributed by atoms with E-state index in [2.05, 4.69) is 22.8 Å². The average Bonchev–Trinajstić information content (AvgIpc) is 2.42. The Labute approximate surface area is 103 Å². The molecule has 2 rings (SSSR count). The van der Waals surface area contributed by atoms with Gasteiger partial charge in [0.25, 0.3) is 0 Å². The van der Waals surface area contributed by atoms with Gasteiger partial charge in [-0.15, -0.1) is 0 Å². The Hall–Kier alpha value is -0.900. The lowest BCUT2D eigenvalue weighted by Crippen LogP contribution is -2.35. The van der Waals surface area contributed by atoms with Crippen molar-refractivity contribution >= 4 is 0 Å². The topological polar surface area (TPSA) is 44.3 Å². The summed E-state index contributed by atoms with van der Waals surface area (Å²) < 4.78 is 0. The SMILES string of the molecule is OCC(NCC1CCNCC1)c1ccccc1. The van der Waals surface area contributed by atoms with Gasteiger partial charge in [-0.2, -0.15) is 0 Å². The molecule has 1 aromatic carbocycles. The fourth-order valence-corrected chi connectivity index (χ4v) is 2.37. The van der Waals surface area contributed by atoms with Crippen LogP contribution >= 0.6 is 0 Å². The number of rotatable bonds is 5. The second kappa shape index (κ2) is 6.74. The predicted octanol–water partition coefficient (Wildman–Crippen LogP) is 1.31. The first-order valence-electron chi connectivity index (χ1n) is 6.50. The number of nitrogens with one attached hydrogen (secondary N) is 2. The zero-order valence-corrected chi connectivity index (χ0v) is 10.2. The first-order valence-corrected chi connectivity index (χ1v) is 6.50. The first kappa shape index (κ1) is 12.6. The standard InChI is InChI=1S/C14H22N2O/c17-11-14(13-4-2-1-3-5-13)16-10-12-6-8-15-9-7-12/h1-5,12,14-17H,6-11H2. The molecule has 1 aliphatic heterocycles. The molecule has 3 heteroatoms. The first-order chi connectivity index (χ1) is 8.40. The monoisotopic (exact) mass is 234 g/mol. The molecule has 0 radical (unpaired) electrons. The van der Waals surface area contributed by atoms with Crippen LogP contribution in [-0.4, -0.2) is 31.3 Å². The van der Waals surface area contributed by atoms with Crippen molar-refractivity contribution in [1.82, 2.24) is 10.6 Å². The highest BCUT2D eigenvalue weighted by Crippen LogP contribution is 2.15. The zero-order valence-electron chi connectivity index (χ0n) is 10.2. The lowest BCUT2D eigenvalue weighted by atomic mass is 9.97. The van der Waals surface area contributed by atoms with Crippen molar-refractivity contribution in [2.75, 3.05) is 26.2 Å². The summed E-state index contributed by atoms with van der Waals surface area (Å²) in [7, 11) is 0. The predicted molar refractivity (Wildman–Crippen MR) is 69.9 cm³/mol. The normalized spacial score (nSPS) is 19.1. The van der Waals surface area contributed by atoms with Crippen LogP contribution < -0.4 is 10.6 Å². The van der Waals surface area contributed by atoms with Gasteiger partial charge in [-0.05, 0) is 44.0 Å². The molecule has 0 bridgehead atoms. The van der Waals surface area contributed by atoms with Crippen LogP contribution in [0.1, 0.15) is 24.4 Å². The molecule has 0 saturated carbocycles. The van der Waals surface area contributed by atoms with Crippen LogP contribution in [0, 0.1) is 5.92 Å². The highest BCUT2D eigenvalue weighted by Gasteiger charge is 2.15. The van der Waals surface area contributed by atoms with E-state index in [-0.39, 0.29) is 12.6 Å². The number of aliphatic hydroxyl groups is 1. The summed E-state index contributed by atoms with van der Waals surface area (Å²) in [5.41, 5.74) is 1.17. The van der Waals surface area contributed by atoms with Crippen molar-refractivity contribution in [3.63, 3.8) is 0 Å². The fraction of sp³-hybridized carbons (Fsp3) is 0.571. The third kappa shape index (κ3) is 3.80. The van der Waals surface area contributed by atoms with Gasteiger partial charge >= 0.3 is 0 Å². The Morgan fingerprint density at radius 2 is 1.94 bits per heavy atom. The van der Waals surface area contributed by atoms with Crippen LogP contribution in [0.4, 0.5) is 0 Å². The van der Waals surface area contributed by atoms with Gasteiger partial charge in [0.1, 0.15) is 0 Å². The van der Waals surface area contributed by atoms with E-state index in [4.69, 9.17) is 0 Å². The molecule has 1 aromatic rings. The largest absolute Gasteiger partial charge is 0.394 e. The maximum Gasteiger partial charge on any atom is 0.0626 e. The van der Waals surface area contributed by atoms with Crippen LogP contribution in [0.2, 0.25) is 0 Å². The van der Waals surface area contributed by atoms with Crippen LogP contribution in [0.3, 0.4) is 0 Å². The molecule has 1 aliphatic rings. The number of hydrogen-bond acceptors (Lipinski definition) is 3. The number of benzene rings is 1. The molecule has 0 aliphatic carbocycles. The van der Waals surface area contributed by atoms with E-state index in [1.54, 1.807) is 0 Å². The summed E-state index contributed by atoms with van der Waals surface area (Å²) >= 11 is 0. The molecule has 1 unspecified atom stereocenters. The zero-order chi connectivity index (χ0) is 11.9. The minimum absolute atomic E-state index is 0.0751. The van der Waals surface area contributed by atoms with Crippen molar-refractivity contribution < 1.29 is 5.11 Å². The summed E-state index contributed by atoms with van der Waals surface area (Å²) in [6.45, 7) is 3.42. The molecule has 1 heterocycles. The van der Waals surface area contributed by atoms with E-state index in [0.29, 0.717) is 0 Å². The van der Waals surface area contributed by atoms with E-state index >= 15 is 0 Å². The third-order valence-corrected chi connectivity index (χ3v) is 3.50. The van der Waals surface area contributed by atoms with Gasteiger partial charge in [-0.3, -0.25) is 0 Å². The Morgan fingerprint density at radius 1 is 1.24 bits per heavy atom. The fourth-order valence-electron chi connectivity index (χ4n) is 2.37. The highest BCUT2D eigenvalue weighted by atomic mass is 16.3. The highest BCUT2D eigenvalue weighted by molar-refractivity contribution is 5.18. The van der Waals surface area contributed by atoms with Gasteiger partial charge in [0.2, 0.25) is 0 Å². The number of aliphatic hydroxyl groups excluding tert-OH is 1. The summed E-state index contributed by atoms with van der Waals surface area (Å²) in [5.74, 6) is 0.744. The Bertz CT molecular complexity index is 309. The minimum atomic E-state index is 0.0751. The second-order valence-electron chi connectivity index (χ2n) is 4.75. The van der Waals surface area contributed by atoms with Crippen molar-refractivity contribution in [2.45, 2.75) is 18.9 Å². The number of piperidine rings is 1. The van der Waals surface area contributed by atoms with E-state index in [9.17, 15) is 5.11 Å². The van der Waals surface area contributed by atoms with Gasteiger partial charge in [0.15, 0.2) is 0 Å². The van der Waals surface area contributed by atoms with Gasteiger partial charge in [-0.1, -0.05) is 30.3 Å². The lowest BCUT2D eigenvalue weighted by Gasteiger charge is -2.25. The van der Waals surface area contributed by atoms with Gasteiger partial charge < -0.3 is 15.7 Å². The van der Waals surface area contributed by atoms with E-state index in [1.165, 1.54) is 18.4 Å². The molecule has 3 nitrogen and oxygen atoms in total. The molecular weight excluding hydrogens is 212 g/mol. The van der Waals surface area contributed by atoms with Crippen LogP contribution in [0.5, 0.6) is 0 Å². The van der Waals surface area contributed by atoms with Gasteiger partial charge in [0.05, 0.1) is 12.6 Å². The van der Waals surface area contributed by atoms with Crippen molar-refractivity contribution in [2.24, 2.45) is 5.92 Å². The van der Waals surface area contributed by atoms with Crippen LogP contribution in [0.15, 0.2) is 30.3 Å². The number of hydrogen-bond donors (Lipinski definition) is 3. The maximum absolute atomic E-state index is 9.43. The van der Waals surface area contributed by atoms with E-state index in [1.807, 2.05) is 18.2 Å². The molecule has 1 atom stereocenters. The van der Waals surface area contributed by atoms with Gasteiger partial charge in [0, 0.05) is 0 Å². The Kier molecular flexibility index (Phi) is 4.98. The Morgan fingerprint density at radius 3 is 2.59 bits per heavy atom. The summed E-state index contributed by atoms with van der Waals surface area (Å²) in [4.78, 5) is 0. The average molecular weight is 234 g/mol. The van der Waals surface area contributed by atoms with Gasteiger partial charge in [-0.25, -0.2) is 0 Å². The molecule has 0 spiro atoms. The van der Waals surface area contributed by atoms with E-state index < -0.39 is 0 Å². The molecule has 3 N–H and O–H groups in total. The molecule has 1 fully saturated rings. The summed E-state index contributed by atoms with van der Waals surface area (Å²) in [6, 6.07) is 10.2.